The maximum absolute atomic E-state index is 12.1. The standard InChI is InChI=1S/C19H27N3O5.CH2O2/c23-10-4-9-20-19(27)14-7-8-16(24)15(11-14)22-17(25)12-21-18(26)13-5-2-1-3-6-13;2-1-3/h1-3,5-6,14-16,23-24H,4,7-12H2,(H,20,27)(H,21,26)(H,22,25);1H,(H,2,3)/t14-,15+,16+;/m0./s1. The third-order valence-electron chi connectivity index (χ3n) is 4.61. The number of amides is 3. The zero-order valence-electron chi connectivity index (χ0n) is 16.6. The summed E-state index contributed by atoms with van der Waals surface area (Å²) in [7, 11) is 0. The van der Waals surface area contributed by atoms with Crippen LogP contribution < -0.4 is 16.0 Å². The van der Waals surface area contributed by atoms with Gasteiger partial charge in [-0.25, -0.2) is 0 Å². The van der Waals surface area contributed by atoms with Gasteiger partial charge < -0.3 is 31.3 Å². The fourth-order valence-electron chi connectivity index (χ4n) is 3.09. The molecule has 1 aliphatic carbocycles. The van der Waals surface area contributed by atoms with Gasteiger partial charge in [0.15, 0.2) is 0 Å². The third-order valence-corrected chi connectivity index (χ3v) is 4.61. The number of carboxylic acid groups (broad SMARTS) is 1. The number of rotatable bonds is 8. The molecule has 1 fully saturated rings. The number of benzene rings is 1. The first kappa shape index (κ1) is 25.1. The van der Waals surface area contributed by atoms with Crippen LogP contribution in [0.25, 0.3) is 0 Å². The lowest BCUT2D eigenvalue weighted by molar-refractivity contribution is -0.129. The van der Waals surface area contributed by atoms with Crippen LogP contribution in [-0.2, 0) is 14.4 Å². The largest absolute Gasteiger partial charge is 0.483 e. The van der Waals surface area contributed by atoms with Crippen molar-refractivity contribution in [2.24, 2.45) is 5.92 Å². The van der Waals surface area contributed by atoms with Gasteiger partial charge >= 0.3 is 0 Å². The number of carbonyl (C=O) groups is 4. The minimum atomic E-state index is -0.722. The van der Waals surface area contributed by atoms with Crippen molar-refractivity contribution in [3.05, 3.63) is 35.9 Å². The fourth-order valence-corrected chi connectivity index (χ4v) is 3.09. The second-order valence-electron chi connectivity index (χ2n) is 6.77. The van der Waals surface area contributed by atoms with Gasteiger partial charge in [0.2, 0.25) is 11.8 Å². The van der Waals surface area contributed by atoms with Gasteiger partial charge in [0.1, 0.15) is 0 Å². The maximum atomic E-state index is 12.1. The predicted molar refractivity (Wildman–Crippen MR) is 107 cm³/mol. The van der Waals surface area contributed by atoms with Crippen molar-refractivity contribution >= 4 is 24.2 Å². The van der Waals surface area contributed by atoms with E-state index in [-0.39, 0.29) is 37.4 Å². The third kappa shape index (κ3) is 9.01. The molecule has 3 amide bonds. The highest BCUT2D eigenvalue weighted by molar-refractivity contribution is 5.96. The lowest BCUT2D eigenvalue weighted by atomic mass is 9.83. The average Bonchev–Trinajstić information content (AvgIpc) is 2.75. The summed E-state index contributed by atoms with van der Waals surface area (Å²) in [6.45, 7) is -0.0434. The Morgan fingerprint density at radius 1 is 1.10 bits per heavy atom. The Hall–Kier alpha value is -2.98. The van der Waals surface area contributed by atoms with Gasteiger partial charge in [0.05, 0.1) is 18.7 Å². The van der Waals surface area contributed by atoms with E-state index in [1.54, 1.807) is 30.3 Å². The second-order valence-corrected chi connectivity index (χ2v) is 6.77. The quantitative estimate of drug-likeness (QED) is 0.237. The Morgan fingerprint density at radius 2 is 1.77 bits per heavy atom. The summed E-state index contributed by atoms with van der Waals surface area (Å²) in [4.78, 5) is 44.6. The zero-order valence-corrected chi connectivity index (χ0v) is 16.6. The van der Waals surface area contributed by atoms with Gasteiger partial charge in [-0.2, -0.15) is 0 Å². The molecular formula is C20H29N3O7. The van der Waals surface area contributed by atoms with E-state index in [0.717, 1.165) is 0 Å². The van der Waals surface area contributed by atoms with Crippen LogP contribution in [0.3, 0.4) is 0 Å². The Balaban J connectivity index is 0.00000141. The SMILES string of the molecule is O=C(CNC(=O)c1ccccc1)N[C@@H]1C[C@@H](C(=O)NCCCO)CC[C@H]1O.O=CO. The summed E-state index contributed by atoms with van der Waals surface area (Å²) in [5.74, 6) is -1.19. The number of hydrogen-bond acceptors (Lipinski definition) is 6. The Morgan fingerprint density at radius 3 is 2.40 bits per heavy atom. The smallest absolute Gasteiger partial charge is 0.290 e. The first-order chi connectivity index (χ1) is 14.4. The van der Waals surface area contributed by atoms with Gasteiger partial charge in [-0.1, -0.05) is 18.2 Å². The molecule has 1 saturated carbocycles. The molecule has 10 nitrogen and oxygen atoms in total. The van der Waals surface area contributed by atoms with Crippen LogP contribution in [0.1, 0.15) is 36.0 Å². The van der Waals surface area contributed by atoms with E-state index in [1.807, 2.05) is 0 Å². The summed E-state index contributed by atoms with van der Waals surface area (Å²) in [6, 6.07) is 8.03. The van der Waals surface area contributed by atoms with Crippen molar-refractivity contribution in [3.8, 4) is 0 Å². The summed E-state index contributed by atoms with van der Waals surface area (Å²) >= 11 is 0. The molecule has 166 valence electrons. The molecular weight excluding hydrogens is 394 g/mol. The minimum absolute atomic E-state index is 0.0110. The molecule has 6 N–H and O–H groups in total. The van der Waals surface area contributed by atoms with Crippen molar-refractivity contribution in [2.75, 3.05) is 19.7 Å². The van der Waals surface area contributed by atoms with Crippen LogP contribution in [-0.4, -0.2) is 71.4 Å². The number of aliphatic hydroxyl groups is 2. The Kier molecular flexibility index (Phi) is 11.8. The lowest BCUT2D eigenvalue weighted by Gasteiger charge is -2.33. The summed E-state index contributed by atoms with van der Waals surface area (Å²) in [5.41, 5.74) is 0.461. The van der Waals surface area contributed by atoms with E-state index >= 15 is 0 Å². The first-order valence-corrected chi connectivity index (χ1v) is 9.70. The van der Waals surface area contributed by atoms with Crippen molar-refractivity contribution in [1.82, 2.24) is 16.0 Å². The molecule has 0 spiro atoms. The highest BCUT2D eigenvalue weighted by atomic mass is 16.3. The number of aliphatic hydroxyl groups excluding tert-OH is 2. The summed E-state index contributed by atoms with van der Waals surface area (Å²) in [5, 5.41) is 33.8. The number of carbonyl (C=O) groups excluding carboxylic acids is 3. The molecule has 0 unspecified atom stereocenters. The molecule has 1 aromatic carbocycles. The van der Waals surface area contributed by atoms with Gasteiger partial charge in [0, 0.05) is 24.6 Å². The van der Waals surface area contributed by atoms with Gasteiger partial charge in [-0.15, -0.1) is 0 Å². The van der Waals surface area contributed by atoms with Crippen LogP contribution in [0.2, 0.25) is 0 Å². The van der Waals surface area contributed by atoms with E-state index < -0.39 is 18.1 Å². The van der Waals surface area contributed by atoms with Crippen LogP contribution in [0.15, 0.2) is 30.3 Å². The summed E-state index contributed by atoms with van der Waals surface area (Å²) < 4.78 is 0. The van der Waals surface area contributed by atoms with Crippen LogP contribution >= 0.6 is 0 Å². The van der Waals surface area contributed by atoms with Gasteiger partial charge in [-0.3, -0.25) is 19.2 Å². The normalized spacial score (nSPS) is 20.1. The van der Waals surface area contributed by atoms with Crippen molar-refractivity contribution < 1.29 is 34.5 Å². The fraction of sp³-hybridized carbons (Fsp3) is 0.500. The molecule has 2 rings (SSSR count). The Bertz CT molecular complexity index is 684. The van der Waals surface area contributed by atoms with Crippen molar-refractivity contribution in [1.29, 1.82) is 0 Å². The highest BCUT2D eigenvalue weighted by Gasteiger charge is 2.33. The molecule has 0 saturated heterocycles. The topological polar surface area (TPSA) is 165 Å². The molecule has 0 aliphatic heterocycles. The second kappa shape index (κ2) is 14.1. The van der Waals surface area contributed by atoms with Crippen molar-refractivity contribution in [2.45, 2.75) is 37.8 Å². The number of hydrogen-bond donors (Lipinski definition) is 6. The van der Waals surface area contributed by atoms with Crippen LogP contribution in [0.5, 0.6) is 0 Å². The molecule has 0 radical (unpaired) electrons. The molecule has 0 heterocycles. The molecule has 1 aromatic rings. The summed E-state index contributed by atoms with van der Waals surface area (Å²) in [6.07, 6.45) is 1.07. The minimum Gasteiger partial charge on any atom is -0.483 e. The van der Waals surface area contributed by atoms with Crippen LogP contribution in [0, 0.1) is 5.92 Å². The predicted octanol–water partition coefficient (Wildman–Crippen LogP) is -0.738. The van der Waals surface area contributed by atoms with Crippen LogP contribution in [0.4, 0.5) is 0 Å². The van der Waals surface area contributed by atoms with Gasteiger partial charge in [0.25, 0.3) is 12.4 Å². The van der Waals surface area contributed by atoms with Crippen molar-refractivity contribution in [3.63, 3.8) is 0 Å². The zero-order chi connectivity index (χ0) is 22.4. The van der Waals surface area contributed by atoms with Gasteiger partial charge in [-0.05, 0) is 37.8 Å². The highest BCUT2D eigenvalue weighted by Crippen LogP contribution is 2.25. The molecule has 10 heteroatoms. The van der Waals surface area contributed by atoms with E-state index in [2.05, 4.69) is 16.0 Å². The molecule has 0 bridgehead atoms. The van der Waals surface area contributed by atoms with E-state index in [9.17, 15) is 19.5 Å². The molecule has 0 aromatic heterocycles. The number of nitrogens with one attached hydrogen (secondary N) is 3. The van der Waals surface area contributed by atoms with E-state index in [1.165, 1.54) is 0 Å². The molecule has 30 heavy (non-hydrogen) atoms. The maximum Gasteiger partial charge on any atom is 0.290 e. The molecule has 3 atom stereocenters. The van der Waals surface area contributed by atoms with E-state index in [0.29, 0.717) is 37.8 Å². The van der Waals surface area contributed by atoms with E-state index in [4.69, 9.17) is 15.0 Å². The molecule has 1 aliphatic rings. The average molecular weight is 423 g/mol. The Labute approximate surface area is 174 Å². The first-order valence-electron chi connectivity index (χ1n) is 9.70. The lowest BCUT2D eigenvalue weighted by Crippen LogP contribution is -2.51. The monoisotopic (exact) mass is 423 g/mol.